The van der Waals surface area contributed by atoms with Crippen molar-refractivity contribution in [2.24, 2.45) is 0 Å². The second-order valence-corrected chi connectivity index (χ2v) is 8.94. The number of nitrogens with zero attached hydrogens (tertiary/aromatic N) is 2. The van der Waals surface area contributed by atoms with Crippen molar-refractivity contribution in [2.45, 2.75) is 32.0 Å². The predicted molar refractivity (Wildman–Crippen MR) is 121 cm³/mol. The number of piperidine rings is 1. The van der Waals surface area contributed by atoms with E-state index in [0.717, 1.165) is 13.1 Å². The average Bonchev–Trinajstić information content (AvgIpc) is 2.74. The van der Waals surface area contributed by atoms with Gasteiger partial charge in [0, 0.05) is 42.9 Å². The fourth-order valence-corrected chi connectivity index (χ4v) is 4.96. The van der Waals surface area contributed by atoms with Crippen LogP contribution in [0.5, 0.6) is 0 Å². The summed E-state index contributed by atoms with van der Waals surface area (Å²) in [6.45, 7) is 4.43. The third kappa shape index (κ3) is 3.74. The molecule has 142 valence electrons. The van der Waals surface area contributed by atoms with Crippen LogP contribution in [0.1, 0.15) is 29.5 Å². The largest absolute Gasteiger partial charge is 0.370 e. The van der Waals surface area contributed by atoms with Crippen LogP contribution in [0.15, 0.2) is 71.3 Å². The van der Waals surface area contributed by atoms with Crippen LogP contribution in [0.4, 0.5) is 0 Å². The van der Waals surface area contributed by atoms with Crippen molar-refractivity contribution in [1.29, 1.82) is 0 Å². The highest BCUT2D eigenvalue weighted by molar-refractivity contribution is 9.10. The summed E-state index contributed by atoms with van der Waals surface area (Å²) < 4.78 is 1.17. The zero-order chi connectivity index (χ0) is 18.9. The molecule has 1 saturated heterocycles. The highest BCUT2D eigenvalue weighted by Gasteiger charge is 2.24. The molecule has 0 saturated carbocycles. The number of likely N-dealkylation sites (tertiary alicyclic amines) is 1. The van der Waals surface area contributed by atoms with Crippen molar-refractivity contribution in [3.8, 4) is 0 Å². The van der Waals surface area contributed by atoms with E-state index in [1.54, 1.807) is 0 Å². The third-order valence-electron chi connectivity index (χ3n) is 6.15. The first-order chi connectivity index (χ1) is 13.7. The lowest BCUT2D eigenvalue weighted by molar-refractivity contribution is 0.132. The van der Waals surface area contributed by atoms with E-state index in [1.807, 2.05) is 0 Å². The maximum atomic E-state index is 3.61. The molecule has 0 N–H and O–H groups in total. The average molecular weight is 433 g/mol. The summed E-state index contributed by atoms with van der Waals surface area (Å²) in [4.78, 5) is 5.15. The molecule has 0 radical (unpaired) electrons. The van der Waals surface area contributed by atoms with Crippen molar-refractivity contribution < 1.29 is 0 Å². The van der Waals surface area contributed by atoms with Gasteiger partial charge in [-0.3, -0.25) is 4.90 Å². The molecule has 5 rings (SSSR count). The van der Waals surface area contributed by atoms with Gasteiger partial charge >= 0.3 is 0 Å². The number of hydrogen-bond acceptors (Lipinski definition) is 2. The Morgan fingerprint density at radius 2 is 1.71 bits per heavy atom. The third-order valence-corrected chi connectivity index (χ3v) is 6.64. The minimum atomic E-state index is 0.649. The summed E-state index contributed by atoms with van der Waals surface area (Å²) in [7, 11) is 0. The molecule has 2 nitrogen and oxygen atoms in total. The molecule has 0 aromatic heterocycles. The van der Waals surface area contributed by atoms with E-state index >= 15 is 0 Å². The van der Waals surface area contributed by atoms with Crippen molar-refractivity contribution in [3.63, 3.8) is 0 Å². The lowest BCUT2D eigenvalue weighted by atomic mass is 9.98. The summed E-state index contributed by atoms with van der Waals surface area (Å²) in [5.74, 6) is 0. The molecule has 0 bridgehead atoms. The van der Waals surface area contributed by atoms with Crippen LogP contribution >= 0.6 is 15.9 Å². The highest BCUT2D eigenvalue weighted by Crippen LogP contribution is 2.28. The van der Waals surface area contributed by atoms with Crippen LogP contribution in [0.25, 0.3) is 16.8 Å². The van der Waals surface area contributed by atoms with E-state index < -0.39 is 0 Å². The molecule has 1 fully saturated rings. The molecular formula is C25H25BrN2. The van der Waals surface area contributed by atoms with Crippen LogP contribution in [-0.4, -0.2) is 28.9 Å². The fraction of sp³-hybridized carbons (Fsp3) is 0.280. The highest BCUT2D eigenvalue weighted by atomic mass is 79.9. The number of benzene rings is 3. The van der Waals surface area contributed by atoms with E-state index in [4.69, 9.17) is 0 Å². The Balaban J connectivity index is 1.20. The van der Waals surface area contributed by atoms with Crippen LogP contribution in [0.2, 0.25) is 0 Å². The first-order valence-electron chi connectivity index (χ1n) is 10.2. The molecule has 3 aromatic carbocycles. The van der Waals surface area contributed by atoms with Gasteiger partial charge in [-0.1, -0.05) is 58.4 Å². The number of fused-ring (bicyclic) bond motifs is 2. The molecule has 0 spiro atoms. The Hall–Kier alpha value is -2.10. The second-order valence-electron chi connectivity index (χ2n) is 8.02. The number of halogens is 1. The van der Waals surface area contributed by atoms with Crippen molar-refractivity contribution in [1.82, 2.24) is 9.80 Å². The molecule has 3 heteroatoms. The quantitative estimate of drug-likeness (QED) is 0.496. The van der Waals surface area contributed by atoms with E-state index in [9.17, 15) is 0 Å². The molecule has 28 heavy (non-hydrogen) atoms. The van der Waals surface area contributed by atoms with Crippen LogP contribution in [0, 0.1) is 0 Å². The molecule has 0 atom stereocenters. The zero-order valence-electron chi connectivity index (χ0n) is 16.0. The summed E-state index contributed by atoms with van der Waals surface area (Å²) in [6.07, 6.45) is 7.05. The fourth-order valence-electron chi connectivity index (χ4n) is 4.55. The summed E-state index contributed by atoms with van der Waals surface area (Å²) in [6, 6.07) is 22.8. The van der Waals surface area contributed by atoms with Crippen LogP contribution < -0.4 is 0 Å². The molecule has 2 aliphatic heterocycles. The normalized spacial score (nSPS) is 17.8. The zero-order valence-corrected chi connectivity index (χ0v) is 17.6. The molecule has 0 unspecified atom stereocenters. The van der Waals surface area contributed by atoms with E-state index in [1.165, 1.54) is 57.9 Å². The lowest BCUT2D eigenvalue weighted by Crippen LogP contribution is -2.42. The Kier molecular flexibility index (Phi) is 4.96. The standard InChI is InChI=1S/C25H25BrN2/c26-24-8-7-21-9-14-28(18-23(21)16-24)25-10-12-27(13-11-25)17-19-5-6-20-3-1-2-4-22(20)15-19/h1-9,14-16,25H,10-13,17-18H2. The summed E-state index contributed by atoms with van der Waals surface area (Å²) in [5.41, 5.74) is 4.21. The number of hydrogen-bond donors (Lipinski definition) is 0. The van der Waals surface area contributed by atoms with E-state index in [2.05, 4.69) is 98.7 Å². The minimum absolute atomic E-state index is 0.649. The van der Waals surface area contributed by atoms with Gasteiger partial charge < -0.3 is 4.90 Å². The monoisotopic (exact) mass is 432 g/mol. The molecule has 2 aliphatic rings. The molecular weight excluding hydrogens is 408 g/mol. The van der Waals surface area contributed by atoms with Crippen LogP contribution in [-0.2, 0) is 13.1 Å². The summed E-state index contributed by atoms with van der Waals surface area (Å²) in [5, 5.41) is 2.67. The Morgan fingerprint density at radius 1 is 0.893 bits per heavy atom. The van der Waals surface area contributed by atoms with Gasteiger partial charge in [-0.05, 0) is 64.6 Å². The van der Waals surface area contributed by atoms with E-state index in [-0.39, 0.29) is 0 Å². The van der Waals surface area contributed by atoms with Gasteiger partial charge in [-0.25, -0.2) is 0 Å². The van der Waals surface area contributed by atoms with Gasteiger partial charge in [0.1, 0.15) is 0 Å². The smallest absolute Gasteiger partial charge is 0.0433 e. The molecule has 2 heterocycles. The Bertz CT molecular complexity index is 1020. The Morgan fingerprint density at radius 3 is 2.57 bits per heavy atom. The van der Waals surface area contributed by atoms with Crippen molar-refractivity contribution in [3.05, 3.63) is 88.0 Å². The predicted octanol–water partition coefficient (Wildman–Crippen LogP) is 6.05. The van der Waals surface area contributed by atoms with Gasteiger partial charge in [0.15, 0.2) is 0 Å². The topological polar surface area (TPSA) is 6.48 Å². The van der Waals surface area contributed by atoms with Gasteiger partial charge in [-0.15, -0.1) is 0 Å². The minimum Gasteiger partial charge on any atom is -0.370 e. The SMILES string of the molecule is Brc1ccc2c(c1)CN(C1CCN(Cc3ccc4ccccc4c3)CC1)C=C2. The van der Waals surface area contributed by atoms with Crippen molar-refractivity contribution in [2.75, 3.05) is 13.1 Å². The van der Waals surface area contributed by atoms with E-state index in [0.29, 0.717) is 6.04 Å². The first-order valence-corrected chi connectivity index (χ1v) is 11.0. The maximum absolute atomic E-state index is 3.61. The van der Waals surface area contributed by atoms with Gasteiger partial charge in [-0.2, -0.15) is 0 Å². The van der Waals surface area contributed by atoms with Crippen molar-refractivity contribution >= 4 is 32.8 Å². The maximum Gasteiger partial charge on any atom is 0.0433 e. The van der Waals surface area contributed by atoms with Gasteiger partial charge in [0.05, 0.1) is 0 Å². The Labute approximate surface area is 175 Å². The molecule has 0 aliphatic carbocycles. The second kappa shape index (κ2) is 7.73. The molecule has 0 amide bonds. The lowest BCUT2D eigenvalue weighted by Gasteiger charge is -2.39. The first kappa shape index (κ1) is 18.0. The van der Waals surface area contributed by atoms with Gasteiger partial charge in [0.2, 0.25) is 0 Å². The van der Waals surface area contributed by atoms with Gasteiger partial charge in [0.25, 0.3) is 0 Å². The number of rotatable bonds is 3. The van der Waals surface area contributed by atoms with Crippen LogP contribution in [0.3, 0.4) is 0 Å². The molecule has 3 aromatic rings. The summed E-state index contributed by atoms with van der Waals surface area (Å²) >= 11 is 3.61.